The van der Waals surface area contributed by atoms with Crippen molar-refractivity contribution in [3.63, 3.8) is 0 Å². The average Bonchev–Trinajstić information content (AvgIpc) is 2.34. The Balaban J connectivity index is 2.91. The molecule has 56 valence electrons. The molecule has 0 saturated carbocycles. The Kier molecular flexibility index (Phi) is 1.22. The van der Waals surface area contributed by atoms with Crippen LogP contribution in [0, 0.1) is 13.8 Å². The maximum Gasteiger partial charge on any atom is 0.0690 e. The maximum absolute atomic E-state index is 4.16. The van der Waals surface area contributed by atoms with E-state index >= 15 is 0 Å². The van der Waals surface area contributed by atoms with E-state index < -0.39 is 0 Å². The quantitative estimate of drug-likeness (QED) is 0.555. The van der Waals surface area contributed by atoms with Gasteiger partial charge in [-0.2, -0.15) is 5.10 Å². The van der Waals surface area contributed by atoms with Gasteiger partial charge in [0.05, 0.1) is 5.52 Å². The van der Waals surface area contributed by atoms with Gasteiger partial charge in [0.2, 0.25) is 0 Å². The van der Waals surface area contributed by atoms with Crippen LogP contribution in [0.1, 0.15) is 11.1 Å². The smallest absolute Gasteiger partial charge is 0.0690 e. The normalized spacial score (nSPS) is 10.7. The van der Waals surface area contributed by atoms with Crippen LogP contribution in [0.5, 0.6) is 0 Å². The monoisotopic (exact) mass is 146 g/mol. The van der Waals surface area contributed by atoms with Crippen molar-refractivity contribution in [2.24, 2.45) is 0 Å². The van der Waals surface area contributed by atoms with Crippen LogP contribution >= 0.6 is 0 Å². The second kappa shape index (κ2) is 2.09. The number of hydrogen-bond acceptors (Lipinski definition) is 1. The van der Waals surface area contributed by atoms with Gasteiger partial charge in [-0.3, -0.25) is 0 Å². The largest absolute Gasteiger partial charge is 0.240 e. The van der Waals surface area contributed by atoms with Gasteiger partial charge >= 0.3 is 0 Å². The number of fused-ring (bicyclic) bond motifs is 1. The van der Waals surface area contributed by atoms with Crippen LogP contribution < -0.4 is 0 Å². The Morgan fingerprint density at radius 3 is 3.00 bits per heavy atom. The van der Waals surface area contributed by atoms with E-state index in [2.05, 4.69) is 25.0 Å². The summed E-state index contributed by atoms with van der Waals surface area (Å²) in [6.07, 6.45) is 3.85. The first kappa shape index (κ1) is 6.40. The molecule has 0 amide bonds. The van der Waals surface area contributed by atoms with Crippen molar-refractivity contribution in [2.75, 3.05) is 0 Å². The fourth-order valence-corrected chi connectivity index (χ4v) is 1.37. The number of aromatic nitrogens is 2. The third-order valence-corrected chi connectivity index (χ3v) is 1.84. The Hall–Kier alpha value is -1.31. The van der Waals surface area contributed by atoms with E-state index in [1.807, 2.05) is 23.0 Å². The molecule has 0 N–H and O–H groups in total. The average molecular weight is 146 g/mol. The zero-order chi connectivity index (χ0) is 7.84. The van der Waals surface area contributed by atoms with Gasteiger partial charge < -0.3 is 0 Å². The third kappa shape index (κ3) is 0.909. The molecule has 0 saturated heterocycles. The van der Waals surface area contributed by atoms with Gasteiger partial charge in [-0.25, -0.2) is 4.52 Å². The minimum Gasteiger partial charge on any atom is -0.240 e. The van der Waals surface area contributed by atoms with Gasteiger partial charge in [-0.15, -0.1) is 0 Å². The minimum absolute atomic E-state index is 1.19. The first-order valence-electron chi connectivity index (χ1n) is 3.68. The van der Waals surface area contributed by atoms with Gasteiger partial charge in [0.15, 0.2) is 0 Å². The molecular weight excluding hydrogens is 136 g/mol. The van der Waals surface area contributed by atoms with E-state index in [1.165, 1.54) is 16.6 Å². The SMILES string of the molecule is Cc1cc(C)c2ccnn2c1. The molecule has 2 heterocycles. The lowest BCUT2D eigenvalue weighted by atomic mass is 10.2. The lowest BCUT2D eigenvalue weighted by molar-refractivity contribution is 0.946. The highest BCUT2D eigenvalue weighted by atomic mass is 15.2. The Morgan fingerprint density at radius 2 is 2.18 bits per heavy atom. The molecule has 11 heavy (non-hydrogen) atoms. The fourth-order valence-electron chi connectivity index (χ4n) is 1.37. The topological polar surface area (TPSA) is 17.3 Å². The lowest BCUT2D eigenvalue weighted by Gasteiger charge is -1.99. The summed E-state index contributed by atoms with van der Waals surface area (Å²) < 4.78 is 1.91. The first-order valence-corrected chi connectivity index (χ1v) is 3.68. The fraction of sp³-hybridized carbons (Fsp3) is 0.222. The van der Waals surface area contributed by atoms with Crippen molar-refractivity contribution in [1.82, 2.24) is 9.61 Å². The van der Waals surface area contributed by atoms with Gasteiger partial charge in [0, 0.05) is 12.4 Å². The van der Waals surface area contributed by atoms with Crippen molar-refractivity contribution >= 4 is 5.52 Å². The van der Waals surface area contributed by atoms with Crippen molar-refractivity contribution in [1.29, 1.82) is 0 Å². The molecule has 2 aromatic heterocycles. The zero-order valence-electron chi connectivity index (χ0n) is 6.70. The van der Waals surface area contributed by atoms with Gasteiger partial charge in [-0.1, -0.05) is 6.07 Å². The van der Waals surface area contributed by atoms with Crippen LogP contribution in [-0.2, 0) is 0 Å². The minimum atomic E-state index is 1.19. The highest BCUT2D eigenvalue weighted by Crippen LogP contribution is 2.10. The van der Waals surface area contributed by atoms with Crippen LogP contribution in [0.15, 0.2) is 24.5 Å². The van der Waals surface area contributed by atoms with Crippen LogP contribution in [0.25, 0.3) is 5.52 Å². The van der Waals surface area contributed by atoms with Crippen LogP contribution in [0.3, 0.4) is 0 Å². The van der Waals surface area contributed by atoms with E-state index in [4.69, 9.17) is 0 Å². The summed E-state index contributed by atoms with van der Waals surface area (Å²) in [6.45, 7) is 4.18. The molecule has 0 bridgehead atoms. The van der Waals surface area contributed by atoms with E-state index in [0.717, 1.165) is 0 Å². The first-order chi connectivity index (χ1) is 5.27. The summed E-state index contributed by atoms with van der Waals surface area (Å²) in [6, 6.07) is 4.19. The Bertz CT molecular complexity index is 387. The number of pyridine rings is 1. The molecule has 2 aromatic rings. The van der Waals surface area contributed by atoms with Crippen LogP contribution in [-0.4, -0.2) is 9.61 Å². The predicted molar refractivity (Wildman–Crippen MR) is 44.7 cm³/mol. The van der Waals surface area contributed by atoms with E-state index in [1.54, 1.807) is 0 Å². The van der Waals surface area contributed by atoms with Gasteiger partial charge in [0.1, 0.15) is 0 Å². The summed E-state index contributed by atoms with van der Waals surface area (Å²) in [7, 11) is 0. The standard InChI is InChI=1S/C9H10N2/c1-7-5-8(2)9-3-4-10-11(9)6-7/h3-6H,1-2H3. The Morgan fingerprint density at radius 1 is 1.36 bits per heavy atom. The molecule has 0 radical (unpaired) electrons. The maximum atomic E-state index is 4.16. The molecule has 0 unspecified atom stereocenters. The molecule has 0 fully saturated rings. The molecule has 0 aromatic carbocycles. The van der Waals surface area contributed by atoms with E-state index in [0.29, 0.717) is 0 Å². The number of nitrogens with zero attached hydrogens (tertiary/aromatic N) is 2. The van der Waals surface area contributed by atoms with Crippen molar-refractivity contribution in [2.45, 2.75) is 13.8 Å². The van der Waals surface area contributed by atoms with Crippen molar-refractivity contribution in [3.8, 4) is 0 Å². The van der Waals surface area contributed by atoms with Crippen molar-refractivity contribution < 1.29 is 0 Å². The number of aryl methyl sites for hydroxylation is 2. The molecule has 2 nitrogen and oxygen atoms in total. The molecule has 0 aliphatic heterocycles. The summed E-state index contributed by atoms with van der Waals surface area (Å²) in [5.74, 6) is 0. The zero-order valence-corrected chi connectivity index (χ0v) is 6.70. The number of hydrogen-bond donors (Lipinski definition) is 0. The van der Waals surface area contributed by atoms with E-state index in [-0.39, 0.29) is 0 Å². The molecular formula is C9H10N2. The highest BCUT2D eigenvalue weighted by Gasteiger charge is 1.96. The summed E-state index contributed by atoms with van der Waals surface area (Å²) >= 11 is 0. The van der Waals surface area contributed by atoms with Gasteiger partial charge in [0.25, 0.3) is 0 Å². The van der Waals surface area contributed by atoms with Crippen molar-refractivity contribution in [3.05, 3.63) is 35.7 Å². The molecule has 0 spiro atoms. The highest BCUT2D eigenvalue weighted by molar-refractivity contribution is 5.53. The molecule has 0 aliphatic carbocycles. The molecule has 2 rings (SSSR count). The van der Waals surface area contributed by atoms with E-state index in [9.17, 15) is 0 Å². The Labute approximate surface area is 65.5 Å². The molecule has 2 heteroatoms. The third-order valence-electron chi connectivity index (χ3n) is 1.84. The second-order valence-electron chi connectivity index (χ2n) is 2.86. The predicted octanol–water partition coefficient (Wildman–Crippen LogP) is 1.95. The molecule has 0 atom stereocenters. The van der Waals surface area contributed by atoms with Crippen LogP contribution in [0.2, 0.25) is 0 Å². The summed E-state index contributed by atoms with van der Waals surface area (Å²) in [4.78, 5) is 0. The van der Waals surface area contributed by atoms with Gasteiger partial charge in [-0.05, 0) is 31.0 Å². The number of rotatable bonds is 0. The lowest BCUT2D eigenvalue weighted by Crippen LogP contribution is -1.89. The second-order valence-corrected chi connectivity index (χ2v) is 2.86. The summed E-state index contributed by atoms with van der Waals surface area (Å²) in [5.41, 5.74) is 3.72. The van der Waals surface area contributed by atoms with Crippen LogP contribution in [0.4, 0.5) is 0 Å². The molecule has 0 aliphatic rings. The summed E-state index contributed by atoms with van der Waals surface area (Å²) in [5, 5.41) is 4.16.